The molecule has 0 saturated carbocycles. The number of morpholine rings is 1. The van der Waals surface area contributed by atoms with Crippen LogP contribution in [0.15, 0.2) is 0 Å². The summed E-state index contributed by atoms with van der Waals surface area (Å²) >= 11 is 0. The summed E-state index contributed by atoms with van der Waals surface area (Å²) in [6, 6.07) is 0. The van der Waals surface area contributed by atoms with Gasteiger partial charge in [-0.1, -0.05) is 13.8 Å². The normalized spacial score (nSPS) is 23.6. The standard InChI is InChI=1S/C11H23NO3/c1-10(2)9-14-5-3-12-4-6-15-11(7-12)8-13/h10-11,13H,3-9H2,1-2H3. The van der Waals surface area contributed by atoms with E-state index in [1.165, 1.54) is 0 Å². The fraction of sp³-hybridized carbons (Fsp3) is 1.00. The molecule has 15 heavy (non-hydrogen) atoms. The summed E-state index contributed by atoms with van der Waals surface area (Å²) in [6.45, 7) is 9.44. The van der Waals surface area contributed by atoms with Gasteiger partial charge in [0.2, 0.25) is 0 Å². The lowest BCUT2D eigenvalue weighted by Gasteiger charge is -2.31. The van der Waals surface area contributed by atoms with Crippen LogP contribution in [0.3, 0.4) is 0 Å². The number of hydrogen-bond acceptors (Lipinski definition) is 4. The Morgan fingerprint density at radius 3 is 3.00 bits per heavy atom. The molecular formula is C11H23NO3. The maximum atomic E-state index is 8.97. The molecule has 0 aromatic heterocycles. The van der Waals surface area contributed by atoms with Crippen molar-refractivity contribution in [2.45, 2.75) is 20.0 Å². The Kier molecular flexibility index (Phi) is 6.17. The lowest BCUT2D eigenvalue weighted by molar-refractivity contribution is -0.0587. The van der Waals surface area contributed by atoms with Gasteiger partial charge in [0.15, 0.2) is 0 Å². The fourth-order valence-corrected chi connectivity index (χ4v) is 1.61. The second-order valence-corrected chi connectivity index (χ2v) is 4.44. The third-order valence-corrected chi connectivity index (χ3v) is 2.43. The Bertz CT molecular complexity index is 164. The zero-order chi connectivity index (χ0) is 11.1. The highest BCUT2D eigenvalue weighted by Crippen LogP contribution is 2.04. The summed E-state index contributed by atoms with van der Waals surface area (Å²) in [7, 11) is 0. The molecule has 1 heterocycles. The summed E-state index contributed by atoms with van der Waals surface area (Å²) in [5.74, 6) is 0.597. The van der Waals surface area contributed by atoms with Crippen molar-refractivity contribution >= 4 is 0 Å². The number of rotatable bonds is 6. The van der Waals surface area contributed by atoms with E-state index in [0.29, 0.717) is 5.92 Å². The van der Waals surface area contributed by atoms with Gasteiger partial charge in [0.1, 0.15) is 0 Å². The molecule has 4 nitrogen and oxygen atoms in total. The summed E-state index contributed by atoms with van der Waals surface area (Å²) in [6.07, 6.45) is -0.0103. The van der Waals surface area contributed by atoms with E-state index < -0.39 is 0 Å². The number of aliphatic hydroxyl groups excluding tert-OH is 1. The molecule has 0 amide bonds. The average Bonchev–Trinajstić information content (AvgIpc) is 2.24. The maximum absolute atomic E-state index is 8.97. The van der Waals surface area contributed by atoms with Gasteiger partial charge in [-0.2, -0.15) is 0 Å². The van der Waals surface area contributed by atoms with Gasteiger partial charge < -0.3 is 14.6 Å². The van der Waals surface area contributed by atoms with Crippen LogP contribution in [0.25, 0.3) is 0 Å². The monoisotopic (exact) mass is 217 g/mol. The predicted molar refractivity (Wildman–Crippen MR) is 58.9 cm³/mol. The zero-order valence-electron chi connectivity index (χ0n) is 9.82. The minimum absolute atomic E-state index is 0.0103. The Morgan fingerprint density at radius 1 is 1.53 bits per heavy atom. The van der Waals surface area contributed by atoms with E-state index in [4.69, 9.17) is 14.6 Å². The van der Waals surface area contributed by atoms with E-state index >= 15 is 0 Å². The molecule has 0 aliphatic carbocycles. The highest BCUT2D eigenvalue weighted by molar-refractivity contribution is 4.70. The molecule has 0 aromatic rings. The highest BCUT2D eigenvalue weighted by Gasteiger charge is 2.18. The molecule has 0 spiro atoms. The second kappa shape index (κ2) is 7.17. The molecule has 1 N–H and O–H groups in total. The first kappa shape index (κ1) is 12.9. The molecule has 1 fully saturated rings. The van der Waals surface area contributed by atoms with Crippen LogP contribution in [0.4, 0.5) is 0 Å². The van der Waals surface area contributed by atoms with Crippen molar-refractivity contribution in [3.8, 4) is 0 Å². The van der Waals surface area contributed by atoms with Gasteiger partial charge in [0.25, 0.3) is 0 Å². The summed E-state index contributed by atoms with van der Waals surface area (Å²) in [4.78, 5) is 2.28. The van der Waals surface area contributed by atoms with E-state index in [-0.39, 0.29) is 12.7 Å². The Labute approximate surface area is 92.2 Å². The highest BCUT2D eigenvalue weighted by atomic mass is 16.5. The SMILES string of the molecule is CC(C)COCCN1CCOC(CO)C1. The van der Waals surface area contributed by atoms with Crippen LogP contribution >= 0.6 is 0 Å². The lowest BCUT2D eigenvalue weighted by atomic mass is 10.2. The van der Waals surface area contributed by atoms with E-state index in [1.54, 1.807) is 0 Å². The van der Waals surface area contributed by atoms with Crippen LogP contribution in [0.2, 0.25) is 0 Å². The Balaban J connectivity index is 2.05. The van der Waals surface area contributed by atoms with E-state index in [2.05, 4.69) is 18.7 Å². The van der Waals surface area contributed by atoms with Crippen LogP contribution in [-0.4, -0.2) is 62.2 Å². The maximum Gasteiger partial charge on any atom is 0.0932 e. The molecule has 1 rings (SSSR count). The van der Waals surface area contributed by atoms with Crippen molar-refractivity contribution in [1.82, 2.24) is 4.90 Å². The molecule has 0 aromatic carbocycles. The van der Waals surface area contributed by atoms with Gasteiger partial charge in [-0.15, -0.1) is 0 Å². The van der Waals surface area contributed by atoms with Gasteiger partial charge >= 0.3 is 0 Å². The van der Waals surface area contributed by atoms with Gasteiger partial charge in [-0.05, 0) is 5.92 Å². The Hall–Kier alpha value is -0.160. The number of nitrogens with zero attached hydrogens (tertiary/aromatic N) is 1. The molecule has 4 heteroatoms. The largest absolute Gasteiger partial charge is 0.394 e. The molecule has 1 aliphatic rings. The first-order chi connectivity index (χ1) is 7.22. The first-order valence-electron chi connectivity index (χ1n) is 5.75. The summed E-state index contributed by atoms with van der Waals surface area (Å²) < 4.78 is 10.9. The first-order valence-corrected chi connectivity index (χ1v) is 5.75. The summed E-state index contributed by atoms with van der Waals surface area (Å²) in [5, 5.41) is 8.97. The number of ether oxygens (including phenoxy) is 2. The van der Waals surface area contributed by atoms with Crippen molar-refractivity contribution in [3.63, 3.8) is 0 Å². The van der Waals surface area contributed by atoms with E-state index in [9.17, 15) is 0 Å². The molecule has 1 aliphatic heterocycles. The van der Waals surface area contributed by atoms with Crippen LogP contribution in [0.5, 0.6) is 0 Å². The second-order valence-electron chi connectivity index (χ2n) is 4.44. The average molecular weight is 217 g/mol. The smallest absolute Gasteiger partial charge is 0.0932 e. The molecule has 1 unspecified atom stereocenters. The third-order valence-electron chi connectivity index (χ3n) is 2.43. The quantitative estimate of drug-likeness (QED) is 0.652. The van der Waals surface area contributed by atoms with Crippen LogP contribution in [0.1, 0.15) is 13.8 Å². The topological polar surface area (TPSA) is 41.9 Å². The van der Waals surface area contributed by atoms with Crippen molar-refractivity contribution in [2.24, 2.45) is 5.92 Å². The van der Waals surface area contributed by atoms with Gasteiger partial charge in [0.05, 0.1) is 25.9 Å². The predicted octanol–water partition coefficient (Wildman–Crippen LogP) is 0.352. The zero-order valence-corrected chi connectivity index (χ0v) is 9.82. The molecule has 0 radical (unpaired) electrons. The van der Waals surface area contributed by atoms with Crippen LogP contribution in [0, 0.1) is 5.92 Å². The Morgan fingerprint density at radius 2 is 2.33 bits per heavy atom. The van der Waals surface area contributed by atoms with Crippen molar-refractivity contribution < 1.29 is 14.6 Å². The number of aliphatic hydroxyl groups is 1. The number of hydrogen-bond donors (Lipinski definition) is 1. The molecule has 0 bridgehead atoms. The third kappa shape index (κ3) is 5.47. The van der Waals surface area contributed by atoms with Gasteiger partial charge in [-0.25, -0.2) is 0 Å². The van der Waals surface area contributed by atoms with E-state index in [1.807, 2.05) is 0 Å². The molecule has 1 saturated heterocycles. The van der Waals surface area contributed by atoms with Crippen molar-refractivity contribution in [1.29, 1.82) is 0 Å². The molecule has 1 atom stereocenters. The lowest BCUT2D eigenvalue weighted by Crippen LogP contribution is -2.45. The minimum Gasteiger partial charge on any atom is -0.394 e. The van der Waals surface area contributed by atoms with Crippen molar-refractivity contribution in [2.75, 3.05) is 46.1 Å². The van der Waals surface area contributed by atoms with Gasteiger partial charge in [0, 0.05) is 26.2 Å². The fourth-order valence-electron chi connectivity index (χ4n) is 1.61. The van der Waals surface area contributed by atoms with Gasteiger partial charge in [-0.3, -0.25) is 4.90 Å². The van der Waals surface area contributed by atoms with E-state index in [0.717, 1.165) is 39.5 Å². The summed E-state index contributed by atoms with van der Waals surface area (Å²) in [5.41, 5.74) is 0. The minimum atomic E-state index is -0.0103. The molecule has 90 valence electrons. The molecular weight excluding hydrogens is 194 g/mol. The van der Waals surface area contributed by atoms with Crippen LogP contribution in [-0.2, 0) is 9.47 Å². The van der Waals surface area contributed by atoms with Crippen molar-refractivity contribution in [3.05, 3.63) is 0 Å². The van der Waals surface area contributed by atoms with Crippen LogP contribution < -0.4 is 0 Å².